The van der Waals surface area contributed by atoms with E-state index in [0.717, 1.165) is 11.8 Å². The summed E-state index contributed by atoms with van der Waals surface area (Å²) in [5.41, 5.74) is 0.850. The smallest absolute Gasteiger partial charge is 0.243 e. The van der Waals surface area contributed by atoms with E-state index in [-0.39, 0.29) is 31.8 Å². The van der Waals surface area contributed by atoms with Crippen LogP contribution < -0.4 is 16.0 Å². The third kappa shape index (κ3) is 10.2. The van der Waals surface area contributed by atoms with Crippen LogP contribution in [0.5, 0.6) is 0 Å². The fourth-order valence-corrected chi connectivity index (χ4v) is 4.27. The molecule has 0 saturated heterocycles. The van der Waals surface area contributed by atoms with Gasteiger partial charge in [0.05, 0.1) is 24.4 Å². The van der Waals surface area contributed by atoms with Gasteiger partial charge in [-0.15, -0.1) is 12.3 Å². The summed E-state index contributed by atoms with van der Waals surface area (Å²) < 4.78 is 25.7. The molecule has 4 unspecified atom stereocenters. The van der Waals surface area contributed by atoms with Gasteiger partial charge in [0.25, 0.3) is 0 Å². The number of amides is 2. The number of likely N-dealkylation sites (N-methyl/N-ethyl adjacent to an activating group) is 1. The lowest BCUT2D eigenvalue weighted by molar-refractivity contribution is -0.130. The predicted molar refractivity (Wildman–Crippen MR) is 133 cm³/mol. The molecular weight excluding hydrogens is 456 g/mol. The standard InChI is InChI=1S/C24H38N4O5S/c1-7-11-20(26-23(30)18(4)25-5)24(31)27-21(14-19-12-9-8-10-13-19)22(29)16-28(15-17(2)3)34(6,32)33/h1,8-10,12-13,17-18,20-22,25,29H,11,14-16H2,2-6H3,(H,26,30)(H,27,31). The van der Waals surface area contributed by atoms with Crippen molar-refractivity contribution < 1.29 is 23.1 Å². The van der Waals surface area contributed by atoms with Crippen molar-refractivity contribution in [1.29, 1.82) is 0 Å². The van der Waals surface area contributed by atoms with E-state index in [1.807, 2.05) is 44.2 Å². The van der Waals surface area contributed by atoms with Crippen molar-refractivity contribution in [2.45, 2.75) is 57.8 Å². The second kappa shape index (κ2) is 14.1. The average Bonchev–Trinajstić information content (AvgIpc) is 2.76. The van der Waals surface area contributed by atoms with E-state index in [0.29, 0.717) is 0 Å². The Kier molecular flexibility index (Phi) is 12.2. The Hall–Kier alpha value is -2.45. The van der Waals surface area contributed by atoms with E-state index < -0.39 is 46.1 Å². The van der Waals surface area contributed by atoms with Crippen LogP contribution in [0.25, 0.3) is 0 Å². The fraction of sp³-hybridized carbons (Fsp3) is 0.583. The summed E-state index contributed by atoms with van der Waals surface area (Å²) in [6.45, 7) is 5.47. The highest BCUT2D eigenvalue weighted by atomic mass is 32.2. The second-order valence-corrected chi connectivity index (χ2v) is 10.8. The van der Waals surface area contributed by atoms with Crippen LogP contribution in [0.2, 0.25) is 0 Å². The molecule has 1 aromatic rings. The summed E-state index contributed by atoms with van der Waals surface area (Å²) >= 11 is 0. The van der Waals surface area contributed by atoms with Crippen molar-refractivity contribution in [3.05, 3.63) is 35.9 Å². The van der Waals surface area contributed by atoms with Crippen LogP contribution in [0.15, 0.2) is 30.3 Å². The first-order valence-electron chi connectivity index (χ1n) is 11.3. The Morgan fingerprint density at radius 2 is 1.71 bits per heavy atom. The van der Waals surface area contributed by atoms with Gasteiger partial charge in [0.1, 0.15) is 6.04 Å². The maximum atomic E-state index is 13.1. The van der Waals surface area contributed by atoms with Gasteiger partial charge in [-0.05, 0) is 31.9 Å². The Morgan fingerprint density at radius 1 is 1.09 bits per heavy atom. The highest BCUT2D eigenvalue weighted by Gasteiger charge is 2.30. The Labute approximate surface area is 203 Å². The number of terminal acetylenes is 1. The van der Waals surface area contributed by atoms with E-state index in [1.165, 1.54) is 4.31 Å². The lowest BCUT2D eigenvalue weighted by atomic mass is 10.00. The van der Waals surface area contributed by atoms with Crippen LogP contribution in [-0.4, -0.2) is 80.3 Å². The summed E-state index contributed by atoms with van der Waals surface area (Å²) in [4.78, 5) is 25.3. The van der Waals surface area contributed by atoms with E-state index in [1.54, 1.807) is 14.0 Å². The summed E-state index contributed by atoms with van der Waals surface area (Å²) in [5.74, 6) is 1.50. The summed E-state index contributed by atoms with van der Waals surface area (Å²) in [6, 6.07) is 6.88. The highest BCUT2D eigenvalue weighted by Crippen LogP contribution is 2.12. The van der Waals surface area contributed by atoms with Crippen molar-refractivity contribution in [1.82, 2.24) is 20.3 Å². The van der Waals surface area contributed by atoms with Crippen molar-refractivity contribution in [2.24, 2.45) is 5.92 Å². The lowest BCUT2D eigenvalue weighted by Gasteiger charge is -2.31. The number of benzene rings is 1. The van der Waals surface area contributed by atoms with Gasteiger partial charge in [-0.25, -0.2) is 8.42 Å². The van der Waals surface area contributed by atoms with Gasteiger partial charge in [0.15, 0.2) is 0 Å². The molecule has 4 atom stereocenters. The molecule has 34 heavy (non-hydrogen) atoms. The van der Waals surface area contributed by atoms with Crippen LogP contribution in [0, 0.1) is 18.3 Å². The SMILES string of the molecule is C#CCC(NC(=O)C(C)NC)C(=O)NC(Cc1ccccc1)C(O)CN(CC(C)C)S(C)(=O)=O. The summed E-state index contributed by atoms with van der Waals surface area (Å²) in [7, 11) is -1.95. The molecule has 9 nitrogen and oxygen atoms in total. The number of sulfonamides is 1. The number of carbonyl (C=O) groups excluding carboxylic acids is 2. The Morgan fingerprint density at radius 3 is 2.21 bits per heavy atom. The molecule has 1 rings (SSSR count). The fourth-order valence-electron chi connectivity index (χ4n) is 3.28. The average molecular weight is 495 g/mol. The minimum atomic E-state index is -3.57. The minimum absolute atomic E-state index is 0.0367. The van der Waals surface area contributed by atoms with E-state index in [2.05, 4.69) is 21.9 Å². The maximum Gasteiger partial charge on any atom is 0.243 e. The topological polar surface area (TPSA) is 128 Å². The molecule has 0 spiro atoms. The number of hydrogen-bond acceptors (Lipinski definition) is 6. The molecular formula is C24H38N4O5S. The number of carbonyl (C=O) groups is 2. The molecule has 1 aromatic carbocycles. The Balaban J connectivity index is 3.13. The molecule has 0 fully saturated rings. The van der Waals surface area contributed by atoms with Gasteiger partial charge in [-0.3, -0.25) is 9.59 Å². The van der Waals surface area contributed by atoms with Crippen LogP contribution in [0.4, 0.5) is 0 Å². The normalized spacial score (nSPS) is 15.3. The van der Waals surface area contributed by atoms with Gasteiger partial charge < -0.3 is 21.1 Å². The molecule has 190 valence electrons. The molecule has 0 aliphatic heterocycles. The van der Waals surface area contributed by atoms with Crippen molar-refractivity contribution >= 4 is 21.8 Å². The molecule has 0 aliphatic carbocycles. The van der Waals surface area contributed by atoms with Gasteiger partial charge in [-0.2, -0.15) is 4.31 Å². The van der Waals surface area contributed by atoms with Crippen molar-refractivity contribution in [2.75, 3.05) is 26.4 Å². The lowest BCUT2D eigenvalue weighted by Crippen LogP contribution is -2.56. The van der Waals surface area contributed by atoms with E-state index >= 15 is 0 Å². The first kappa shape index (κ1) is 29.6. The molecule has 0 bridgehead atoms. The highest BCUT2D eigenvalue weighted by molar-refractivity contribution is 7.88. The number of hydrogen-bond donors (Lipinski definition) is 4. The monoisotopic (exact) mass is 494 g/mol. The summed E-state index contributed by atoms with van der Waals surface area (Å²) in [5, 5.41) is 19.2. The van der Waals surface area contributed by atoms with Crippen LogP contribution in [-0.2, 0) is 26.0 Å². The number of aliphatic hydroxyl groups excluding tert-OH is 1. The molecule has 0 radical (unpaired) electrons. The van der Waals surface area contributed by atoms with Crippen molar-refractivity contribution in [3.63, 3.8) is 0 Å². The third-order valence-electron chi connectivity index (χ3n) is 5.30. The number of nitrogens with zero attached hydrogens (tertiary/aromatic N) is 1. The first-order valence-corrected chi connectivity index (χ1v) is 13.1. The quantitative estimate of drug-likeness (QED) is 0.272. The van der Waals surface area contributed by atoms with Crippen LogP contribution >= 0.6 is 0 Å². The zero-order valence-electron chi connectivity index (χ0n) is 20.6. The first-order chi connectivity index (χ1) is 15.9. The molecule has 2 amide bonds. The molecule has 0 aromatic heterocycles. The van der Waals surface area contributed by atoms with Crippen molar-refractivity contribution in [3.8, 4) is 12.3 Å². The molecule has 0 aliphatic rings. The van der Waals surface area contributed by atoms with Gasteiger partial charge in [0.2, 0.25) is 21.8 Å². The van der Waals surface area contributed by atoms with Gasteiger partial charge in [0, 0.05) is 19.5 Å². The zero-order valence-corrected chi connectivity index (χ0v) is 21.4. The maximum absolute atomic E-state index is 13.1. The van der Waals surface area contributed by atoms with Crippen LogP contribution in [0.3, 0.4) is 0 Å². The molecule has 4 N–H and O–H groups in total. The number of rotatable bonds is 14. The van der Waals surface area contributed by atoms with E-state index in [4.69, 9.17) is 6.42 Å². The second-order valence-electron chi connectivity index (χ2n) is 8.83. The predicted octanol–water partition coefficient (Wildman–Crippen LogP) is 0.108. The summed E-state index contributed by atoms with van der Waals surface area (Å²) in [6.07, 6.45) is 5.52. The minimum Gasteiger partial charge on any atom is -0.390 e. The Bertz CT molecular complexity index is 930. The molecule has 0 saturated carbocycles. The van der Waals surface area contributed by atoms with Gasteiger partial charge >= 0.3 is 0 Å². The molecule has 10 heteroatoms. The molecule has 0 heterocycles. The van der Waals surface area contributed by atoms with Gasteiger partial charge in [-0.1, -0.05) is 44.2 Å². The van der Waals surface area contributed by atoms with E-state index in [9.17, 15) is 23.1 Å². The third-order valence-corrected chi connectivity index (χ3v) is 6.54. The number of aliphatic hydroxyl groups is 1. The number of nitrogens with one attached hydrogen (secondary N) is 3. The largest absolute Gasteiger partial charge is 0.390 e. The van der Waals surface area contributed by atoms with Crippen LogP contribution in [0.1, 0.15) is 32.8 Å². The zero-order chi connectivity index (χ0) is 25.9.